The van der Waals surface area contributed by atoms with Gasteiger partial charge >= 0.3 is 0 Å². The van der Waals surface area contributed by atoms with Gasteiger partial charge in [-0.25, -0.2) is 9.97 Å². The van der Waals surface area contributed by atoms with E-state index in [4.69, 9.17) is 0 Å². The van der Waals surface area contributed by atoms with Gasteiger partial charge in [0, 0.05) is 11.4 Å². The summed E-state index contributed by atoms with van der Waals surface area (Å²) in [5.41, 5.74) is 1.15. The molecular formula is C21H27N5OS. The van der Waals surface area contributed by atoms with Crippen molar-refractivity contribution >= 4 is 33.3 Å². The summed E-state index contributed by atoms with van der Waals surface area (Å²) in [6, 6.07) is 12.3. The fourth-order valence-electron chi connectivity index (χ4n) is 3.04. The molecule has 0 aliphatic carbocycles. The first-order chi connectivity index (χ1) is 13.7. The number of amides is 1. The van der Waals surface area contributed by atoms with Crippen molar-refractivity contribution in [2.45, 2.75) is 20.3 Å². The van der Waals surface area contributed by atoms with Gasteiger partial charge in [-0.05, 0) is 37.7 Å². The Hall–Kier alpha value is -2.51. The van der Waals surface area contributed by atoms with Crippen LogP contribution in [0, 0.1) is 0 Å². The van der Waals surface area contributed by atoms with Gasteiger partial charge in [0.15, 0.2) is 0 Å². The van der Waals surface area contributed by atoms with Gasteiger partial charge in [0.1, 0.15) is 17.0 Å². The summed E-state index contributed by atoms with van der Waals surface area (Å²) in [6.07, 6.45) is 2.49. The number of aromatic nitrogens is 2. The zero-order valence-corrected chi connectivity index (χ0v) is 17.3. The number of fused-ring (bicyclic) bond motifs is 1. The average Bonchev–Trinajstić information content (AvgIpc) is 3.18. The van der Waals surface area contributed by atoms with Crippen LogP contribution in [0.5, 0.6) is 0 Å². The van der Waals surface area contributed by atoms with Gasteiger partial charge in [-0.3, -0.25) is 4.79 Å². The van der Waals surface area contributed by atoms with E-state index < -0.39 is 0 Å². The minimum absolute atomic E-state index is 0.0233. The van der Waals surface area contributed by atoms with Crippen molar-refractivity contribution in [1.82, 2.24) is 20.2 Å². The number of benzene rings is 1. The average molecular weight is 398 g/mol. The van der Waals surface area contributed by atoms with Crippen molar-refractivity contribution in [3.05, 3.63) is 42.7 Å². The summed E-state index contributed by atoms with van der Waals surface area (Å²) in [6.45, 7) is 8.29. The number of hydrogen-bond acceptors (Lipinski definition) is 6. The second-order valence-electron chi connectivity index (χ2n) is 6.50. The Morgan fingerprint density at radius 3 is 2.68 bits per heavy atom. The molecule has 0 aliphatic heterocycles. The van der Waals surface area contributed by atoms with Crippen molar-refractivity contribution in [2.75, 3.05) is 38.0 Å². The molecule has 2 aromatic heterocycles. The van der Waals surface area contributed by atoms with Gasteiger partial charge < -0.3 is 15.5 Å². The highest BCUT2D eigenvalue weighted by molar-refractivity contribution is 7.21. The quantitative estimate of drug-likeness (QED) is 0.511. The maximum absolute atomic E-state index is 12.1. The first-order valence-electron chi connectivity index (χ1n) is 9.74. The molecule has 0 atom stereocenters. The third-order valence-electron chi connectivity index (χ3n) is 4.67. The SMILES string of the molecule is CCN(CC)CCCNC(=O)CNc1ncnc2sc(-c3ccccc3)cc12. The molecule has 0 radical (unpaired) electrons. The van der Waals surface area contributed by atoms with E-state index in [1.54, 1.807) is 11.3 Å². The molecule has 2 heterocycles. The van der Waals surface area contributed by atoms with Crippen LogP contribution in [0.4, 0.5) is 5.82 Å². The molecule has 0 bridgehead atoms. The molecule has 3 aromatic rings. The molecule has 0 saturated heterocycles. The topological polar surface area (TPSA) is 70.2 Å². The van der Waals surface area contributed by atoms with Crippen molar-refractivity contribution in [3.63, 3.8) is 0 Å². The van der Waals surface area contributed by atoms with Crippen molar-refractivity contribution in [3.8, 4) is 10.4 Å². The zero-order chi connectivity index (χ0) is 19.8. The third kappa shape index (κ3) is 5.27. The second kappa shape index (κ2) is 10.1. The van der Waals surface area contributed by atoms with Crippen molar-refractivity contribution in [2.24, 2.45) is 0 Å². The smallest absolute Gasteiger partial charge is 0.239 e. The maximum atomic E-state index is 12.1. The molecule has 1 amide bonds. The lowest BCUT2D eigenvalue weighted by Gasteiger charge is -2.17. The lowest BCUT2D eigenvalue weighted by atomic mass is 10.2. The Morgan fingerprint density at radius 2 is 1.93 bits per heavy atom. The Balaban J connectivity index is 1.56. The number of thiophene rings is 1. The Morgan fingerprint density at radius 1 is 1.14 bits per heavy atom. The minimum Gasteiger partial charge on any atom is -0.360 e. The molecule has 0 spiro atoms. The van der Waals surface area contributed by atoms with Crippen LogP contribution >= 0.6 is 11.3 Å². The molecule has 7 heteroatoms. The predicted octanol–water partition coefficient (Wildman–Crippen LogP) is 3.62. The molecule has 148 valence electrons. The number of carbonyl (C=O) groups is 1. The van der Waals surface area contributed by atoms with Crippen LogP contribution in [0.25, 0.3) is 20.7 Å². The van der Waals surface area contributed by atoms with Crippen LogP contribution < -0.4 is 10.6 Å². The maximum Gasteiger partial charge on any atom is 0.239 e. The molecule has 6 nitrogen and oxygen atoms in total. The molecule has 0 fully saturated rings. The van der Waals surface area contributed by atoms with Crippen molar-refractivity contribution < 1.29 is 4.79 Å². The molecular weight excluding hydrogens is 370 g/mol. The van der Waals surface area contributed by atoms with E-state index in [0.717, 1.165) is 46.7 Å². The van der Waals surface area contributed by atoms with Crippen molar-refractivity contribution in [1.29, 1.82) is 0 Å². The first-order valence-corrected chi connectivity index (χ1v) is 10.6. The van der Waals surface area contributed by atoms with Crippen LogP contribution in [-0.2, 0) is 4.79 Å². The summed E-state index contributed by atoms with van der Waals surface area (Å²) in [5, 5.41) is 7.07. The van der Waals surface area contributed by atoms with Gasteiger partial charge in [0.25, 0.3) is 0 Å². The monoisotopic (exact) mass is 397 g/mol. The summed E-state index contributed by atoms with van der Waals surface area (Å²) in [5.74, 6) is 0.673. The van der Waals surface area contributed by atoms with E-state index >= 15 is 0 Å². The van der Waals surface area contributed by atoms with Gasteiger partial charge in [0.2, 0.25) is 5.91 Å². The standard InChI is InChI=1S/C21H27N5OS/c1-3-26(4-2)12-8-11-22-19(27)14-23-20-17-13-18(16-9-6-5-7-10-16)28-21(17)25-15-24-20/h5-7,9-10,13,15H,3-4,8,11-12,14H2,1-2H3,(H,22,27)(H,23,24,25). The number of carbonyl (C=O) groups excluding carboxylic acids is 1. The number of nitrogens with zero attached hydrogens (tertiary/aromatic N) is 3. The molecule has 3 rings (SSSR count). The highest BCUT2D eigenvalue weighted by atomic mass is 32.1. The Bertz CT molecular complexity index is 892. The first kappa shape index (κ1) is 20.2. The van der Waals surface area contributed by atoms with Crippen LogP contribution in [0.1, 0.15) is 20.3 Å². The number of anilines is 1. The van der Waals surface area contributed by atoms with E-state index in [0.29, 0.717) is 12.4 Å². The normalized spacial score (nSPS) is 11.1. The van der Waals surface area contributed by atoms with E-state index in [1.165, 1.54) is 6.33 Å². The second-order valence-corrected chi connectivity index (χ2v) is 7.53. The number of hydrogen-bond donors (Lipinski definition) is 2. The van der Waals surface area contributed by atoms with Gasteiger partial charge in [-0.15, -0.1) is 11.3 Å². The van der Waals surface area contributed by atoms with Crippen LogP contribution in [0.2, 0.25) is 0 Å². The molecule has 2 N–H and O–H groups in total. The Kier molecular flexibility index (Phi) is 7.33. The molecule has 0 aliphatic rings. The van der Waals surface area contributed by atoms with Crippen LogP contribution in [-0.4, -0.2) is 53.5 Å². The molecule has 0 unspecified atom stereocenters. The van der Waals surface area contributed by atoms with E-state index in [2.05, 4.69) is 57.5 Å². The molecule has 0 saturated carbocycles. The van der Waals surface area contributed by atoms with Gasteiger partial charge in [-0.2, -0.15) is 0 Å². The largest absolute Gasteiger partial charge is 0.360 e. The zero-order valence-electron chi connectivity index (χ0n) is 16.4. The minimum atomic E-state index is -0.0233. The van der Waals surface area contributed by atoms with E-state index in [9.17, 15) is 4.79 Å². The number of nitrogens with one attached hydrogen (secondary N) is 2. The third-order valence-corrected chi connectivity index (χ3v) is 5.76. The number of rotatable bonds is 10. The summed E-state index contributed by atoms with van der Waals surface area (Å²) in [4.78, 5) is 25.2. The predicted molar refractivity (Wildman–Crippen MR) is 117 cm³/mol. The van der Waals surface area contributed by atoms with Gasteiger partial charge in [0.05, 0.1) is 11.9 Å². The fourth-order valence-corrected chi connectivity index (χ4v) is 4.04. The summed E-state index contributed by atoms with van der Waals surface area (Å²) >= 11 is 1.63. The van der Waals surface area contributed by atoms with E-state index in [-0.39, 0.29) is 12.5 Å². The highest BCUT2D eigenvalue weighted by Gasteiger charge is 2.11. The summed E-state index contributed by atoms with van der Waals surface area (Å²) in [7, 11) is 0. The fraction of sp³-hybridized carbons (Fsp3) is 0.381. The van der Waals surface area contributed by atoms with Gasteiger partial charge in [-0.1, -0.05) is 44.2 Å². The van der Waals surface area contributed by atoms with Crippen LogP contribution in [0.3, 0.4) is 0 Å². The Labute approximate surface area is 170 Å². The highest BCUT2D eigenvalue weighted by Crippen LogP contribution is 2.34. The van der Waals surface area contributed by atoms with E-state index in [1.807, 2.05) is 18.2 Å². The molecule has 28 heavy (non-hydrogen) atoms. The molecule has 1 aromatic carbocycles. The van der Waals surface area contributed by atoms with Crippen LogP contribution in [0.15, 0.2) is 42.7 Å². The lowest BCUT2D eigenvalue weighted by molar-refractivity contribution is -0.119. The lowest BCUT2D eigenvalue weighted by Crippen LogP contribution is -2.33. The summed E-state index contributed by atoms with van der Waals surface area (Å²) < 4.78 is 0.